The molecule has 1 amide bonds. The SMILES string of the molecule is O=C(c1cc[nH]c1)N1Cc2ncn(CC3CC3)c2C(COCc2cccnc2)C1. The zero-order chi connectivity index (χ0) is 19.6. The van der Waals surface area contributed by atoms with E-state index in [9.17, 15) is 4.79 Å². The minimum absolute atomic E-state index is 0.0332. The summed E-state index contributed by atoms with van der Waals surface area (Å²) in [6.45, 7) is 3.28. The van der Waals surface area contributed by atoms with Gasteiger partial charge < -0.3 is 19.2 Å². The van der Waals surface area contributed by atoms with Gasteiger partial charge in [-0.15, -0.1) is 0 Å². The Balaban J connectivity index is 1.35. The van der Waals surface area contributed by atoms with Gasteiger partial charge in [-0.05, 0) is 36.5 Å². The maximum Gasteiger partial charge on any atom is 0.255 e. The summed E-state index contributed by atoms with van der Waals surface area (Å²) in [6, 6.07) is 5.75. The third kappa shape index (κ3) is 3.96. The molecule has 3 aromatic rings. The number of nitrogens with one attached hydrogen (secondary N) is 1. The van der Waals surface area contributed by atoms with Crippen molar-refractivity contribution in [2.24, 2.45) is 5.92 Å². The van der Waals surface area contributed by atoms with Crippen molar-refractivity contribution in [1.82, 2.24) is 24.4 Å². The third-order valence-electron chi connectivity index (χ3n) is 5.72. The Hall–Kier alpha value is -2.93. The molecule has 1 unspecified atom stereocenters. The summed E-state index contributed by atoms with van der Waals surface area (Å²) < 4.78 is 8.35. The number of aromatic amines is 1. The first-order chi connectivity index (χ1) is 14.3. The minimum Gasteiger partial charge on any atom is -0.376 e. The average Bonchev–Trinajstić information content (AvgIpc) is 3.23. The van der Waals surface area contributed by atoms with Crippen LogP contribution in [-0.4, -0.2) is 43.5 Å². The van der Waals surface area contributed by atoms with Crippen molar-refractivity contribution >= 4 is 5.91 Å². The fourth-order valence-corrected chi connectivity index (χ4v) is 4.08. The lowest BCUT2D eigenvalue weighted by Gasteiger charge is -2.33. The van der Waals surface area contributed by atoms with Gasteiger partial charge in [-0.25, -0.2) is 4.98 Å². The zero-order valence-corrected chi connectivity index (χ0v) is 16.3. The molecule has 1 aliphatic carbocycles. The van der Waals surface area contributed by atoms with Crippen molar-refractivity contribution in [3.05, 3.63) is 71.8 Å². The lowest BCUT2D eigenvalue weighted by molar-refractivity contribution is 0.0606. The molecular formula is C22H25N5O2. The summed E-state index contributed by atoms with van der Waals surface area (Å²) in [5.74, 6) is 0.912. The van der Waals surface area contributed by atoms with Gasteiger partial charge >= 0.3 is 0 Å². The summed E-state index contributed by atoms with van der Waals surface area (Å²) in [5, 5.41) is 0. The quantitative estimate of drug-likeness (QED) is 0.672. The van der Waals surface area contributed by atoms with E-state index in [0.717, 1.165) is 23.7 Å². The van der Waals surface area contributed by atoms with Crippen LogP contribution in [0.5, 0.6) is 0 Å². The van der Waals surface area contributed by atoms with Crippen molar-refractivity contribution in [2.75, 3.05) is 13.2 Å². The molecule has 7 nitrogen and oxygen atoms in total. The summed E-state index contributed by atoms with van der Waals surface area (Å²) >= 11 is 0. The minimum atomic E-state index is 0.0332. The highest BCUT2D eigenvalue weighted by atomic mass is 16.5. The van der Waals surface area contributed by atoms with E-state index < -0.39 is 0 Å². The molecule has 4 heterocycles. The van der Waals surface area contributed by atoms with Crippen LogP contribution in [-0.2, 0) is 24.4 Å². The summed E-state index contributed by atoms with van der Waals surface area (Å²) in [7, 11) is 0. The Labute approximate surface area is 169 Å². The molecule has 3 aromatic heterocycles. The molecule has 0 bridgehead atoms. The van der Waals surface area contributed by atoms with E-state index in [4.69, 9.17) is 4.74 Å². The maximum atomic E-state index is 12.9. The summed E-state index contributed by atoms with van der Waals surface area (Å²) in [4.78, 5) is 26.6. The van der Waals surface area contributed by atoms with E-state index in [-0.39, 0.29) is 11.8 Å². The normalized spacial score (nSPS) is 18.6. The number of rotatable bonds is 7. The molecule has 0 saturated heterocycles. The third-order valence-corrected chi connectivity index (χ3v) is 5.72. The van der Waals surface area contributed by atoms with Crippen LogP contribution in [0.4, 0.5) is 0 Å². The van der Waals surface area contributed by atoms with Gasteiger partial charge in [0.25, 0.3) is 5.91 Å². The number of pyridine rings is 1. The Morgan fingerprint density at radius 2 is 2.24 bits per heavy atom. The lowest BCUT2D eigenvalue weighted by Crippen LogP contribution is -2.40. The molecule has 29 heavy (non-hydrogen) atoms. The van der Waals surface area contributed by atoms with Crippen molar-refractivity contribution in [2.45, 2.75) is 38.5 Å². The molecule has 1 fully saturated rings. The van der Waals surface area contributed by atoms with Crippen LogP contribution in [0.25, 0.3) is 0 Å². The molecule has 1 atom stereocenters. The van der Waals surface area contributed by atoms with Crippen LogP contribution in [0.3, 0.4) is 0 Å². The number of aromatic nitrogens is 4. The molecule has 2 aliphatic rings. The summed E-state index contributed by atoms with van der Waals surface area (Å²) in [6.07, 6.45) is 11.7. The second-order valence-electron chi connectivity index (χ2n) is 8.03. The van der Waals surface area contributed by atoms with Crippen LogP contribution in [0.2, 0.25) is 0 Å². The molecule has 1 N–H and O–H groups in total. The first-order valence-electron chi connectivity index (χ1n) is 10.2. The van der Waals surface area contributed by atoms with Crippen molar-refractivity contribution in [3.8, 4) is 0 Å². The molecular weight excluding hydrogens is 366 g/mol. The Bertz CT molecular complexity index is 963. The van der Waals surface area contributed by atoms with E-state index in [1.54, 1.807) is 18.6 Å². The lowest BCUT2D eigenvalue weighted by atomic mass is 9.98. The van der Waals surface area contributed by atoms with Crippen LogP contribution in [0.15, 0.2) is 49.3 Å². The Morgan fingerprint density at radius 3 is 3.00 bits per heavy atom. The second kappa shape index (κ2) is 7.83. The number of hydrogen-bond donors (Lipinski definition) is 1. The number of fused-ring (bicyclic) bond motifs is 1. The molecule has 1 saturated carbocycles. The fourth-order valence-electron chi connectivity index (χ4n) is 4.08. The predicted octanol–water partition coefficient (Wildman–Crippen LogP) is 2.97. The van der Waals surface area contributed by atoms with Gasteiger partial charge in [0.1, 0.15) is 0 Å². The molecule has 1 aliphatic heterocycles. The highest BCUT2D eigenvalue weighted by molar-refractivity contribution is 5.94. The van der Waals surface area contributed by atoms with E-state index >= 15 is 0 Å². The molecule has 7 heteroatoms. The molecule has 5 rings (SSSR count). The van der Waals surface area contributed by atoms with Crippen LogP contribution in [0.1, 0.15) is 46.1 Å². The van der Waals surface area contributed by atoms with Crippen LogP contribution < -0.4 is 0 Å². The average molecular weight is 391 g/mol. The smallest absolute Gasteiger partial charge is 0.255 e. The van der Waals surface area contributed by atoms with Gasteiger partial charge in [-0.1, -0.05) is 6.07 Å². The maximum absolute atomic E-state index is 12.9. The van der Waals surface area contributed by atoms with Gasteiger partial charge in [0.05, 0.1) is 37.3 Å². The first kappa shape index (κ1) is 18.1. The number of ether oxygens (including phenoxy) is 1. The number of imidazole rings is 1. The zero-order valence-electron chi connectivity index (χ0n) is 16.3. The van der Waals surface area contributed by atoms with Crippen molar-refractivity contribution in [1.29, 1.82) is 0 Å². The number of carbonyl (C=O) groups is 1. The first-order valence-corrected chi connectivity index (χ1v) is 10.2. The van der Waals surface area contributed by atoms with Crippen LogP contribution in [0, 0.1) is 5.92 Å². The molecule has 150 valence electrons. The largest absolute Gasteiger partial charge is 0.376 e. The van der Waals surface area contributed by atoms with Gasteiger partial charge in [-0.3, -0.25) is 9.78 Å². The molecule has 0 spiro atoms. The monoisotopic (exact) mass is 391 g/mol. The van der Waals surface area contributed by atoms with Crippen molar-refractivity contribution < 1.29 is 9.53 Å². The molecule has 0 radical (unpaired) electrons. The number of amides is 1. The Kier molecular flexibility index (Phi) is 4.89. The van der Waals surface area contributed by atoms with Gasteiger partial charge in [0, 0.05) is 49.5 Å². The fraction of sp³-hybridized carbons (Fsp3) is 0.409. The van der Waals surface area contributed by atoms with E-state index in [1.807, 2.05) is 35.6 Å². The number of nitrogens with zero attached hydrogens (tertiary/aromatic N) is 4. The highest BCUT2D eigenvalue weighted by Gasteiger charge is 2.34. The van der Waals surface area contributed by atoms with E-state index in [1.165, 1.54) is 18.5 Å². The summed E-state index contributed by atoms with van der Waals surface area (Å²) in [5.41, 5.74) is 3.97. The number of carbonyl (C=O) groups excluding carboxylic acids is 1. The standard InChI is InChI=1S/C22H25N5O2/c28-22(18-5-7-24-9-18)26-11-19(14-29-13-17-2-1-6-23-8-17)21-20(12-26)25-15-27(21)10-16-3-4-16/h1-2,5-9,15-16,19,24H,3-4,10-14H2. The van der Waals surface area contributed by atoms with Gasteiger partial charge in [0.15, 0.2) is 0 Å². The van der Waals surface area contributed by atoms with E-state index in [2.05, 4.69) is 19.5 Å². The Morgan fingerprint density at radius 1 is 1.31 bits per heavy atom. The van der Waals surface area contributed by atoms with Crippen molar-refractivity contribution in [3.63, 3.8) is 0 Å². The van der Waals surface area contributed by atoms with E-state index in [0.29, 0.717) is 31.9 Å². The highest BCUT2D eigenvalue weighted by Crippen LogP contribution is 2.34. The second-order valence-corrected chi connectivity index (χ2v) is 8.03. The molecule has 0 aromatic carbocycles. The van der Waals surface area contributed by atoms with Crippen LogP contribution >= 0.6 is 0 Å². The predicted molar refractivity (Wildman–Crippen MR) is 107 cm³/mol. The van der Waals surface area contributed by atoms with Gasteiger partial charge in [0.2, 0.25) is 0 Å². The topological polar surface area (TPSA) is 76.0 Å². The van der Waals surface area contributed by atoms with Gasteiger partial charge in [-0.2, -0.15) is 0 Å². The number of H-pyrrole nitrogens is 1. The number of hydrogen-bond acceptors (Lipinski definition) is 4.